The molecule has 0 spiro atoms. The van der Waals surface area contributed by atoms with Crippen molar-refractivity contribution < 1.29 is 4.74 Å². The Morgan fingerprint density at radius 3 is 2.74 bits per heavy atom. The number of aromatic nitrogens is 1. The first-order chi connectivity index (χ1) is 11.4. The molecule has 0 atom stereocenters. The maximum Gasteiger partial charge on any atom is 0.119 e. The van der Waals surface area contributed by atoms with Crippen LogP contribution in [-0.2, 0) is 19.4 Å². The Labute approximate surface area is 136 Å². The fourth-order valence-corrected chi connectivity index (χ4v) is 3.45. The molecule has 1 aliphatic heterocycles. The SMILES string of the molecule is c1ccc(OCCn2ccc3ccc4c(c32)CCNCC4)cc1. The van der Waals surface area contributed by atoms with E-state index in [2.05, 4.69) is 34.3 Å². The summed E-state index contributed by atoms with van der Waals surface area (Å²) in [4.78, 5) is 0. The molecule has 0 radical (unpaired) electrons. The lowest BCUT2D eigenvalue weighted by Gasteiger charge is -2.13. The molecule has 0 bridgehead atoms. The summed E-state index contributed by atoms with van der Waals surface area (Å²) >= 11 is 0. The Morgan fingerprint density at radius 2 is 1.83 bits per heavy atom. The van der Waals surface area contributed by atoms with Crippen molar-refractivity contribution in [2.24, 2.45) is 0 Å². The molecule has 3 nitrogen and oxygen atoms in total. The molecule has 0 saturated heterocycles. The molecule has 118 valence electrons. The van der Waals surface area contributed by atoms with Gasteiger partial charge in [0.15, 0.2) is 0 Å². The van der Waals surface area contributed by atoms with E-state index >= 15 is 0 Å². The van der Waals surface area contributed by atoms with E-state index in [1.54, 1.807) is 0 Å². The van der Waals surface area contributed by atoms with Crippen LogP contribution in [0.3, 0.4) is 0 Å². The van der Waals surface area contributed by atoms with Crippen molar-refractivity contribution >= 4 is 10.9 Å². The van der Waals surface area contributed by atoms with E-state index in [1.165, 1.54) is 22.0 Å². The molecule has 0 aliphatic carbocycles. The molecule has 4 rings (SSSR count). The van der Waals surface area contributed by atoms with Crippen LogP contribution < -0.4 is 10.1 Å². The van der Waals surface area contributed by atoms with Crippen LogP contribution in [0, 0.1) is 0 Å². The van der Waals surface area contributed by atoms with Gasteiger partial charge in [-0.1, -0.05) is 30.3 Å². The van der Waals surface area contributed by atoms with Crippen LogP contribution >= 0.6 is 0 Å². The highest BCUT2D eigenvalue weighted by Gasteiger charge is 2.13. The normalized spacial score (nSPS) is 14.4. The van der Waals surface area contributed by atoms with Gasteiger partial charge in [0.2, 0.25) is 0 Å². The molecule has 2 heterocycles. The summed E-state index contributed by atoms with van der Waals surface area (Å²) in [6.07, 6.45) is 4.42. The first-order valence-corrected chi connectivity index (χ1v) is 8.40. The molecule has 0 fully saturated rings. The third-order valence-corrected chi connectivity index (χ3v) is 4.60. The van der Waals surface area contributed by atoms with Crippen molar-refractivity contribution in [1.29, 1.82) is 0 Å². The van der Waals surface area contributed by atoms with Crippen molar-refractivity contribution in [3.05, 3.63) is 65.9 Å². The first-order valence-electron chi connectivity index (χ1n) is 8.40. The van der Waals surface area contributed by atoms with E-state index in [1.807, 2.05) is 30.3 Å². The van der Waals surface area contributed by atoms with Crippen LogP contribution in [0.2, 0.25) is 0 Å². The molecular weight excluding hydrogens is 284 g/mol. The monoisotopic (exact) mass is 306 g/mol. The fourth-order valence-electron chi connectivity index (χ4n) is 3.45. The van der Waals surface area contributed by atoms with Gasteiger partial charge in [-0.15, -0.1) is 0 Å². The molecule has 1 N–H and O–H groups in total. The zero-order chi connectivity index (χ0) is 15.5. The lowest BCUT2D eigenvalue weighted by atomic mass is 10.00. The van der Waals surface area contributed by atoms with Crippen molar-refractivity contribution in [1.82, 2.24) is 9.88 Å². The molecule has 3 aromatic rings. The summed E-state index contributed by atoms with van der Waals surface area (Å²) in [7, 11) is 0. The Balaban J connectivity index is 1.57. The summed E-state index contributed by atoms with van der Waals surface area (Å²) in [6.45, 7) is 3.71. The van der Waals surface area contributed by atoms with Gasteiger partial charge in [-0.25, -0.2) is 0 Å². The summed E-state index contributed by atoms with van der Waals surface area (Å²) in [6, 6.07) is 16.8. The second kappa shape index (κ2) is 6.47. The second-order valence-electron chi connectivity index (χ2n) is 6.06. The average Bonchev–Trinajstić information content (AvgIpc) is 2.85. The van der Waals surface area contributed by atoms with Crippen molar-refractivity contribution in [3.8, 4) is 5.75 Å². The number of nitrogens with zero attached hydrogens (tertiary/aromatic N) is 1. The maximum absolute atomic E-state index is 5.86. The van der Waals surface area contributed by atoms with Crippen LogP contribution in [0.25, 0.3) is 10.9 Å². The number of ether oxygens (including phenoxy) is 1. The average molecular weight is 306 g/mol. The smallest absolute Gasteiger partial charge is 0.119 e. The molecule has 0 saturated carbocycles. The number of hydrogen-bond donors (Lipinski definition) is 1. The van der Waals surface area contributed by atoms with Gasteiger partial charge in [0.1, 0.15) is 12.4 Å². The van der Waals surface area contributed by atoms with Gasteiger partial charge in [-0.2, -0.15) is 0 Å². The van der Waals surface area contributed by atoms with Gasteiger partial charge in [0, 0.05) is 6.20 Å². The summed E-state index contributed by atoms with van der Waals surface area (Å²) in [5.74, 6) is 0.937. The second-order valence-corrected chi connectivity index (χ2v) is 6.06. The Kier molecular flexibility index (Phi) is 4.03. The molecule has 0 amide bonds. The summed E-state index contributed by atoms with van der Waals surface area (Å²) in [5.41, 5.74) is 4.39. The van der Waals surface area contributed by atoms with Crippen molar-refractivity contribution in [3.63, 3.8) is 0 Å². The largest absolute Gasteiger partial charge is 0.492 e. The third-order valence-electron chi connectivity index (χ3n) is 4.60. The van der Waals surface area contributed by atoms with Crippen molar-refractivity contribution in [2.45, 2.75) is 19.4 Å². The standard InChI is InChI=1S/C20H22N2O/c1-2-4-18(5-3-1)23-15-14-22-13-10-17-7-6-16-8-11-21-12-9-19(16)20(17)22/h1-7,10,13,21H,8-9,11-12,14-15H2. The Morgan fingerprint density at radius 1 is 0.957 bits per heavy atom. The molecule has 1 aromatic heterocycles. The third kappa shape index (κ3) is 2.97. The molecule has 2 aromatic carbocycles. The van der Waals surface area contributed by atoms with Crippen LogP contribution in [-0.4, -0.2) is 24.3 Å². The predicted octanol–water partition coefficient (Wildman–Crippen LogP) is 3.41. The quantitative estimate of drug-likeness (QED) is 0.799. The highest BCUT2D eigenvalue weighted by atomic mass is 16.5. The lowest BCUT2D eigenvalue weighted by Crippen LogP contribution is -2.16. The van der Waals surface area contributed by atoms with E-state index in [0.717, 1.165) is 38.2 Å². The van der Waals surface area contributed by atoms with Crippen LogP contribution in [0.15, 0.2) is 54.7 Å². The lowest BCUT2D eigenvalue weighted by molar-refractivity contribution is 0.300. The van der Waals surface area contributed by atoms with Crippen LogP contribution in [0.5, 0.6) is 5.75 Å². The predicted molar refractivity (Wildman–Crippen MR) is 94.2 cm³/mol. The van der Waals surface area contributed by atoms with E-state index in [0.29, 0.717) is 6.61 Å². The zero-order valence-electron chi connectivity index (χ0n) is 13.3. The van der Waals surface area contributed by atoms with Crippen molar-refractivity contribution in [2.75, 3.05) is 19.7 Å². The van der Waals surface area contributed by atoms with Gasteiger partial charge in [0.25, 0.3) is 0 Å². The Bertz CT molecular complexity index is 792. The minimum atomic E-state index is 0.690. The topological polar surface area (TPSA) is 26.2 Å². The van der Waals surface area contributed by atoms with Gasteiger partial charge in [-0.3, -0.25) is 0 Å². The minimum Gasteiger partial charge on any atom is -0.492 e. The van der Waals surface area contributed by atoms with Gasteiger partial charge < -0.3 is 14.6 Å². The van der Waals surface area contributed by atoms with E-state index < -0.39 is 0 Å². The first kappa shape index (κ1) is 14.3. The number of benzene rings is 2. The maximum atomic E-state index is 5.86. The van der Waals surface area contributed by atoms with E-state index in [9.17, 15) is 0 Å². The number of para-hydroxylation sites is 1. The number of fused-ring (bicyclic) bond motifs is 3. The van der Waals surface area contributed by atoms with Gasteiger partial charge >= 0.3 is 0 Å². The highest BCUT2D eigenvalue weighted by molar-refractivity contribution is 5.84. The van der Waals surface area contributed by atoms with Crippen LogP contribution in [0.4, 0.5) is 0 Å². The fraction of sp³-hybridized carbons (Fsp3) is 0.300. The molecule has 3 heteroatoms. The number of rotatable bonds is 4. The number of nitrogens with one attached hydrogen (secondary N) is 1. The molecule has 23 heavy (non-hydrogen) atoms. The van der Waals surface area contributed by atoms with Crippen LogP contribution in [0.1, 0.15) is 11.1 Å². The Hall–Kier alpha value is -2.26. The molecule has 1 aliphatic rings. The van der Waals surface area contributed by atoms with E-state index in [4.69, 9.17) is 4.74 Å². The molecular formula is C20H22N2O. The summed E-state index contributed by atoms with van der Waals surface area (Å²) in [5, 5.41) is 4.84. The minimum absolute atomic E-state index is 0.690. The zero-order valence-corrected chi connectivity index (χ0v) is 13.3. The summed E-state index contributed by atoms with van der Waals surface area (Å²) < 4.78 is 8.21. The highest BCUT2D eigenvalue weighted by Crippen LogP contribution is 2.26. The number of hydrogen-bond acceptors (Lipinski definition) is 2. The van der Waals surface area contributed by atoms with Gasteiger partial charge in [-0.05, 0) is 60.6 Å². The van der Waals surface area contributed by atoms with Gasteiger partial charge in [0.05, 0.1) is 12.1 Å². The molecule has 0 unspecified atom stereocenters. The van der Waals surface area contributed by atoms with E-state index in [-0.39, 0.29) is 0 Å².